The number of aromatic nitrogens is 2. The van der Waals surface area contributed by atoms with Gasteiger partial charge in [0.05, 0.1) is 13.3 Å². The van der Waals surface area contributed by atoms with E-state index in [0.29, 0.717) is 11.6 Å². The maximum atomic E-state index is 11.5. The first-order valence-corrected chi connectivity index (χ1v) is 5.83. The van der Waals surface area contributed by atoms with Crippen LogP contribution in [0.15, 0.2) is 6.20 Å². The Morgan fingerprint density at radius 3 is 2.88 bits per heavy atom. The van der Waals surface area contributed by atoms with Crippen molar-refractivity contribution in [1.29, 1.82) is 0 Å². The van der Waals surface area contributed by atoms with Crippen LogP contribution >= 0.6 is 0 Å². The fourth-order valence-electron chi connectivity index (χ4n) is 2.42. The standard InChI is InChI=1S/C12H18N2O2/c1-9-13-7-11(12(15)16-2)14(9)8-10-5-3-4-6-10/h7,10H,3-6,8H2,1-2H3. The third-order valence-corrected chi connectivity index (χ3v) is 3.37. The van der Waals surface area contributed by atoms with Crippen molar-refractivity contribution in [3.05, 3.63) is 17.7 Å². The van der Waals surface area contributed by atoms with Crippen LogP contribution in [0.2, 0.25) is 0 Å². The summed E-state index contributed by atoms with van der Waals surface area (Å²) in [5, 5.41) is 0. The normalized spacial score (nSPS) is 16.6. The van der Waals surface area contributed by atoms with Gasteiger partial charge >= 0.3 is 5.97 Å². The Hall–Kier alpha value is -1.32. The molecular formula is C12H18N2O2. The van der Waals surface area contributed by atoms with Gasteiger partial charge in [-0.2, -0.15) is 0 Å². The highest BCUT2D eigenvalue weighted by Gasteiger charge is 2.20. The number of ether oxygens (including phenoxy) is 1. The predicted molar refractivity (Wildman–Crippen MR) is 60.3 cm³/mol. The van der Waals surface area contributed by atoms with Crippen LogP contribution in [0.1, 0.15) is 42.0 Å². The van der Waals surface area contributed by atoms with E-state index in [9.17, 15) is 4.79 Å². The van der Waals surface area contributed by atoms with Crippen molar-refractivity contribution in [3.63, 3.8) is 0 Å². The van der Waals surface area contributed by atoms with Gasteiger partial charge in [-0.3, -0.25) is 0 Å². The van der Waals surface area contributed by atoms with Gasteiger partial charge in [-0.25, -0.2) is 9.78 Å². The van der Waals surface area contributed by atoms with E-state index in [2.05, 4.69) is 4.98 Å². The molecule has 4 heteroatoms. The average Bonchev–Trinajstić information content (AvgIpc) is 2.90. The smallest absolute Gasteiger partial charge is 0.356 e. The highest BCUT2D eigenvalue weighted by molar-refractivity contribution is 5.87. The molecule has 1 aliphatic rings. The van der Waals surface area contributed by atoms with E-state index in [0.717, 1.165) is 12.4 Å². The van der Waals surface area contributed by atoms with Gasteiger partial charge in [-0.05, 0) is 25.7 Å². The molecule has 0 amide bonds. The van der Waals surface area contributed by atoms with E-state index in [4.69, 9.17) is 4.74 Å². The molecule has 0 bridgehead atoms. The van der Waals surface area contributed by atoms with Crippen LogP contribution in [0.25, 0.3) is 0 Å². The van der Waals surface area contributed by atoms with Gasteiger partial charge in [-0.1, -0.05) is 12.8 Å². The summed E-state index contributed by atoms with van der Waals surface area (Å²) in [5.41, 5.74) is 0.576. The van der Waals surface area contributed by atoms with Crippen LogP contribution in [-0.4, -0.2) is 22.6 Å². The lowest BCUT2D eigenvalue weighted by atomic mass is 10.1. The van der Waals surface area contributed by atoms with Gasteiger partial charge in [0, 0.05) is 6.54 Å². The summed E-state index contributed by atoms with van der Waals surface area (Å²) in [5.74, 6) is 1.29. The third-order valence-electron chi connectivity index (χ3n) is 3.37. The molecule has 0 unspecified atom stereocenters. The Morgan fingerprint density at radius 1 is 1.56 bits per heavy atom. The molecule has 2 rings (SSSR count). The number of hydrogen-bond donors (Lipinski definition) is 0. The molecule has 1 aromatic heterocycles. The Labute approximate surface area is 95.6 Å². The molecule has 1 saturated carbocycles. The van der Waals surface area contributed by atoms with Gasteiger partial charge in [-0.15, -0.1) is 0 Å². The zero-order valence-corrected chi connectivity index (χ0v) is 9.90. The first-order chi connectivity index (χ1) is 7.72. The quantitative estimate of drug-likeness (QED) is 0.736. The summed E-state index contributed by atoms with van der Waals surface area (Å²) >= 11 is 0. The summed E-state index contributed by atoms with van der Waals surface area (Å²) in [6.07, 6.45) is 6.75. The second-order valence-electron chi connectivity index (χ2n) is 4.44. The van der Waals surface area contributed by atoms with Crippen molar-refractivity contribution in [2.75, 3.05) is 7.11 Å². The van der Waals surface area contributed by atoms with E-state index in [1.807, 2.05) is 11.5 Å². The highest BCUT2D eigenvalue weighted by atomic mass is 16.5. The second kappa shape index (κ2) is 4.68. The average molecular weight is 222 g/mol. The van der Waals surface area contributed by atoms with Crippen molar-refractivity contribution in [1.82, 2.24) is 9.55 Å². The van der Waals surface area contributed by atoms with Crippen molar-refractivity contribution in [2.24, 2.45) is 5.92 Å². The first-order valence-electron chi connectivity index (χ1n) is 5.83. The zero-order chi connectivity index (χ0) is 11.5. The Morgan fingerprint density at radius 2 is 2.25 bits per heavy atom. The van der Waals surface area contributed by atoms with Crippen molar-refractivity contribution in [3.8, 4) is 0 Å². The molecule has 1 aliphatic carbocycles. The molecule has 0 atom stereocenters. The third kappa shape index (κ3) is 2.10. The number of carbonyl (C=O) groups is 1. The van der Waals surface area contributed by atoms with Crippen LogP contribution in [-0.2, 0) is 11.3 Å². The summed E-state index contributed by atoms with van der Waals surface area (Å²) in [6.45, 7) is 2.83. The maximum Gasteiger partial charge on any atom is 0.356 e. The monoisotopic (exact) mass is 222 g/mol. The molecule has 1 heterocycles. The van der Waals surface area contributed by atoms with E-state index in [1.165, 1.54) is 32.8 Å². The SMILES string of the molecule is COC(=O)c1cnc(C)n1CC1CCCC1. The second-order valence-corrected chi connectivity index (χ2v) is 4.44. The predicted octanol–water partition coefficient (Wildman–Crippen LogP) is 2.17. The van der Waals surface area contributed by atoms with Gasteiger partial charge in [0.15, 0.2) is 0 Å². The minimum atomic E-state index is -0.293. The van der Waals surface area contributed by atoms with Crippen molar-refractivity contribution in [2.45, 2.75) is 39.2 Å². The number of imidazole rings is 1. The van der Waals surface area contributed by atoms with Crippen LogP contribution < -0.4 is 0 Å². The van der Waals surface area contributed by atoms with E-state index >= 15 is 0 Å². The summed E-state index contributed by atoms with van der Waals surface area (Å²) in [4.78, 5) is 15.7. The van der Waals surface area contributed by atoms with E-state index in [1.54, 1.807) is 6.20 Å². The fraction of sp³-hybridized carbons (Fsp3) is 0.667. The molecular weight excluding hydrogens is 204 g/mol. The zero-order valence-electron chi connectivity index (χ0n) is 9.90. The van der Waals surface area contributed by atoms with Gasteiger partial charge < -0.3 is 9.30 Å². The number of esters is 1. The van der Waals surface area contributed by atoms with Crippen LogP contribution in [0.4, 0.5) is 0 Å². The van der Waals surface area contributed by atoms with Gasteiger partial charge in [0.25, 0.3) is 0 Å². The minimum absolute atomic E-state index is 0.293. The molecule has 1 fully saturated rings. The molecule has 88 valence electrons. The lowest BCUT2D eigenvalue weighted by Gasteiger charge is -2.13. The Kier molecular flexibility index (Phi) is 3.27. The number of aryl methyl sites for hydroxylation is 1. The van der Waals surface area contributed by atoms with E-state index in [-0.39, 0.29) is 5.97 Å². The number of hydrogen-bond acceptors (Lipinski definition) is 3. The first kappa shape index (κ1) is 11.2. The lowest BCUT2D eigenvalue weighted by molar-refractivity contribution is 0.0587. The molecule has 0 N–H and O–H groups in total. The molecule has 0 spiro atoms. The summed E-state index contributed by atoms with van der Waals surface area (Å²) in [7, 11) is 1.41. The summed E-state index contributed by atoms with van der Waals surface area (Å²) in [6, 6.07) is 0. The Bertz CT molecular complexity index is 378. The largest absolute Gasteiger partial charge is 0.464 e. The molecule has 16 heavy (non-hydrogen) atoms. The lowest BCUT2D eigenvalue weighted by Crippen LogP contribution is -2.16. The molecule has 0 saturated heterocycles. The van der Waals surface area contributed by atoms with E-state index < -0.39 is 0 Å². The van der Waals surface area contributed by atoms with Gasteiger partial charge in [0.1, 0.15) is 11.5 Å². The fourth-order valence-corrected chi connectivity index (χ4v) is 2.42. The molecule has 0 radical (unpaired) electrons. The topological polar surface area (TPSA) is 44.1 Å². The number of nitrogens with zero attached hydrogens (tertiary/aromatic N) is 2. The van der Waals surface area contributed by atoms with Crippen LogP contribution in [0, 0.1) is 12.8 Å². The number of methoxy groups -OCH3 is 1. The number of rotatable bonds is 3. The minimum Gasteiger partial charge on any atom is -0.464 e. The Balaban J connectivity index is 2.17. The molecule has 0 aliphatic heterocycles. The van der Waals surface area contributed by atoms with Crippen molar-refractivity contribution >= 4 is 5.97 Å². The molecule has 0 aromatic carbocycles. The molecule has 1 aromatic rings. The highest BCUT2D eigenvalue weighted by Crippen LogP contribution is 2.27. The number of carbonyl (C=O) groups excluding carboxylic acids is 1. The molecule has 4 nitrogen and oxygen atoms in total. The van der Waals surface area contributed by atoms with Crippen molar-refractivity contribution < 1.29 is 9.53 Å². The van der Waals surface area contributed by atoms with Crippen LogP contribution in [0.3, 0.4) is 0 Å². The summed E-state index contributed by atoms with van der Waals surface area (Å²) < 4.78 is 6.74. The van der Waals surface area contributed by atoms with Crippen LogP contribution in [0.5, 0.6) is 0 Å². The van der Waals surface area contributed by atoms with Gasteiger partial charge in [0.2, 0.25) is 0 Å². The maximum absolute atomic E-state index is 11.5.